The fourth-order valence-electron chi connectivity index (χ4n) is 1.55. The number of nitrogens with two attached hydrogens (primary N) is 1. The van der Waals surface area contributed by atoms with Crippen LogP contribution in [0.5, 0.6) is 0 Å². The van der Waals surface area contributed by atoms with Crippen molar-refractivity contribution in [3.05, 3.63) is 24.3 Å². The molecule has 0 amide bonds. The molecule has 0 bridgehead atoms. The number of fused-ring (bicyclic) bond motifs is 1. The van der Waals surface area contributed by atoms with Gasteiger partial charge in [0, 0.05) is 11.8 Å². The molecule has 7 heteroatoms. The van der Waals surface area contributed by atoms with Crippen molar-refractivity contribution >= 4 is 11.5 Å². The number of nitrogens with one attached hydrogen (secondary N) is 1. The number of aryl methyl sites for hydroxylation is 1. The smallest absolute Gasteiger partial charge is 0.174 e. The van der Waals surface area contributed by atoms with E-state index in [0.717, 1.165) is 16.9 Å². The molecule has 3 heterocycles. The van der Waals surface area contributed by atoms with E-state index in [2.05, 4.69) is 25.4 Å². The fraction of sp³-hybridized carbons (Fsp3) is 0.111. The van der Waals surface area contributed by atoms with Gasteiger partial charge in [-0.2, -0.15) is 5.10 Å². The van der Waals surface area contributed by atoms with Gasteiger partial charge in [-0.25, -0.2) is 4.98 Å². The Kier molecular flexibility index (Phi) is 1.67. The monoisotopic (exact) mass is 215 g/mol. The Bertz CT molecular complexity index is 651. The lowest BCUT2D eigenvalue weighted by Crippen LogP contribution is -1.94. The Hall–Kier alpha value is -2.44. The molecule has 0 aliphatic carbocycles. The third-order valence-electron chi connectivity index (χ3n) is 2.35. The quantitative estimate of drug-likeness (QED) is 0.612. The summed E-state index contributed by atoms with van der Waals surface area (Å²) in [7, 11) is 0. The zero-order valence-corrected chi connectivity index (χ0v) is 8.55. The maximum atomic E-state index is 5.73. The third-order valence-corrected chi connectivity index (χ3v) is 2.35. The Labute approximate surface area is 90.3 Å². The summed E-state index contributed by atoms with van der Waals surface area (Å²) in [5.74, 6) is 1.10. The number of hydrogen-bond acceptors (Lipinski definition) is 5. The molecule has 80 valence electrons. The number of aromatic amines is 1. The molecule has 3 rings (SSSR count). The van der Waals surface area contributed by atoms with Crippen molar-refractivity contribution < 1.29 is 0 Å². The van der Waals surface area contributed by atoms with Crippen molar-refractivity contribution in [2.75, 3.05) is 5.73 Å². The molecule has 0 radical (unpaired) electrons. The number of hydrogen-bond donors (Lipinski definition) is 2. The lowest BCUT2D eigenvalue weighted by atomic mass is 10.3. The molecule has 3 N–H and O–H groups in total. The van der Waals surface area contributed by atoms with Gasteiger partial charge in [-0.15, -0.1) is 10.2 Å². The van der Waals surface area contributed by atoms with E-state index in [1.807, 2.05) is 13.0 Å². The topological polar surface area (TPSA) is 97.8 Å². The zero-order chi connectivity index (χ0) is 11.1. The van der Waals surface area contributed by atoms with Crippen molar-refractivity contribution in [2.45, 2.75) is 6.92 Å². The maximum Gasteiger partial charge on any atom is 0.174 e. The van der Waals surface area contributed by atoms with Gasteiger partial charge in [0.1, 0.15) is 12.1 Å². The van der Waals surface area contributed by atoms with Crippen LogP contribution < -0.4 is 5.73 Å². The van der Waals surface area contributed by atoms with Crippen molar-refractivity contribution in [1.29, 1.82) is 0 Å². The Morgan fingerprint density at radius 1 is 1.38 bits per heavy atom. The van der Waals surface area contributed by atoms with Gasteiger partial charge in [-0.05, 0) is 6.92 Å². The van der Waals surface area contributed by atoms with E-state index in [9.17, 15) is 0 Å². The fourth-order valence-corrected chi connectivity index (χ4v) is 1.55. The first-order chi connectivity index (χ1) is 7.75. The van der Waals surface area contributed by atoms with Gasteiger partial charge in [-0.3, -0.25) is 9.50 Å². The van der Waals surface area contributed by atoms with Crippen LogP contribution in [-0.4, -0.2) is 29.8 Å². The predicted molar refractivity (Wildman–Crippen MR) is 57.5 cm³/mol. The Morgan fingerprint density at radius 2 is 2.25 bits per heavy atom. The van der Waals surface area contributed by atoms with E-state index in [4.69, 9.17) is 5.73 Å². The van der Waals surface area contributed by atoms with Gasteiger partial charge < -0.3 is 5.73 Å². The number of anilines is 1. The average molecular weight is 215 g/mol. The van der Waals surface area contributed by atoms with Gasteiger partial charge >= 0.3 is 0 Å². The van der Waals surface area contributed by atoms with Crippen LogP contribution in [0.2, 0.25) is 0 Å². The van der Waals surface area contributed by atoms with Gasteiger partial charge in [0.25, 0.3) is 0 Å². The molecule has 0 aliphatic rings. The van der Waals surface area contributed by atoms with E-state index < -0.39 is 0 Å². The molecule has 7 nitrogen and oxygen atoms in total. The number of aromatic nitrogens is 6. The van der Waals surface area contributed by atoms with E-state index >= 15 is 0 Å². The highest BCUT2D eigenvalue weighted by Crippen LogP contribution is 2.21. The molecule has 0 aromatic carbocycles. The number of nitrogens with zero attached hydrogens (tertiary/aromatic N) is 5. The highest BCUT2D eigenvalue weighted by atomic mass is 15.3. The van der Waals surface area contributed by atoms with Crippen LogP contribution in [0.3, 0.4) is 0 Å². The Morgan fingerprint density at radius 3 is 3.00 bits per heavy atom. The summed E-state index contributed by atoms with van der Waals surface area (Å²) in [6, 6.07) is 1.85. The van der Waals surface area contributed by atoms with Gasteiger partial charge in [0.15, 0.2) is 11.5 Å². The second kappa shape index (κ2) is 3.02. The molecule has 0 spiro atoms. The second-order valence-corrected chi connectivity index (χ2v) is 3.48. The van der Waals surface area contributed by atoms with Gasteiger partial charge in [0.05, 0.1) is 11.8 Å². The van der Waals surface area contributed by atoms with Crippen LogP contribution in [0.4, 0.5) is 5.82 Å². The standard InChI is InChI=1S/C9H9N7/c1-5-2-7-13-15-9(16(7)4-11-5)6-3-12-14-8(6)10/h2-4H,1H3,(H3,10,12,14). The third kappa shape index (κ3) is 1.14. The van der Waals surface area contributed by atoms with Crippen LogP contribution in [-0.2, 0) is 0 Å². The summed E-state index contributed by atoms with van der Waals surface area (Å²) in [6.07, 6.45) is 3.29. The van der Waals surface area contributed by atoms with Gasteiger partial charge in [0.2, 0.25) is 0 Å². The molecule has 0 atom stereocenters. The number of H-pyrrole nitrogens is 1. The minimum Gasteiger partial charge on any atom is -0.383 e. The minimum absolute atomic E-state index is 0.467. The summed E-state index contributed by atoms with van der Waals surface area (Å²) in [5.41, 5.74) is 8.09. The summed E-state index contributed by atoms with van der Waals surface area (Å²) in [6.45, 7) is 1.90. The molecule has 3 aromatic rings. The van der Waals surface area contributed by atoms with E-state index in [-0.39, 0.29) is 0 Å². The van der Waals surface area contributed by atoms with Crippen LogP contribution in [0.15, 0.2) is 18.6 Å². The normalized spacial score (nSPS) is 11.1. The Balaban J connectivity index is 2.30. The first-order valence-corrected chi connectivity index (χ1v) is 4.72. The molecule has 0 unspecified atom stereocenters. The molecule has 16 heavy (non-hydrogen) atoms. The van der Waals surface area contributed by atoms with Crippen molar-refractivity contribution in [3.63, 3.8) is 0 Å². The van der Waals surface area contributed by atoms with Crippen LogP contribution >= 0.6 is 0 Å². The first-order valence-electron chi connectivity index (χ1n) is 4.72. The maximum absolute atomic E-state index is 5.73. The molecular formula is C9H9N7. The summed E-state index contributed by atoms with van der Waals surface area (Å²) in [5, 5.41) is 14.6. The summed E-state index contributed by atoms with van der Waals surface area (Å²) < 4.78 is 1.77. The van der Waals surface area contributed by atoms with E-state index in [1.54, 1.807) is 16.9 Å². The summed E-state index contributed by atoms with van der Waals surface area (Å²) >= 11 is 0. The molecule has 0 saturated carbocycles. The predicted octanol–water partition coefficient (Wildman–Crippen LogP) is 0.405. The molecular weight excluding hydrogens is 206 g/mol. The molecule has 0 saturated heterocycles. The van der Waals surface area contributed by atoms with Gasteiger partial charge in [-0.1, -0.05) is 0 Å². The SMILES string of the molecule is Cc1cc2nnc(-c3cn[nH]c3N)n2cn1. The van der Waals surface area contributed by atoms with Crippen molar-refractivity contribution in [1.82, 2.24) is 29.8 Å². The first kappa shape index (κ1) is 8.84. The van der Waals surface area contributed by atoms with E-state index in [1.165, 1.54) is 0 Å². The summed E-state index contributed by atoms with van der Waals surface area (Å²) in [4.78, 5) is 4.19. The largest absolute Gasteiger partial charge is 0.383 e. The average Bonchev–Trinajstić information content (AvgIpc) is 2.83. The highest BCUT2D eigenvalue weighted by Gasteiger charge is 2.12. The van der Waals surface area contributed by atoms with Crippen LogP contribution in [0.1, 0.15) is 5.69 Å². The minimum atomic E-state index is 0.467. The van der Waals surface area contributed by atoms with Crippen molar-refractivity contribution in [3.8, 4) is 11.4 Å². The number of rotatable bonds is 1. The molecule has 0 fully saturated rings. The molecule has 3 aromatic heterocycles. The number of nitrogen functional groups attached to an aromatic ring is 1. The highest BCUT2D eigenvalue weighted by molar-refractivity contribution is 5.69. The lowest BCUT2D eigenvalue weighted by Gasteiger charge is -1.97. The molecule has 0 aliphatic heterocycles. The van der Waals surface area contributed by atoms with Crippen LogP contribution in [0, 0.1) is 6.92 Å². The zero-order valence-electron chi connectivity index (χ0n) is 8.55. The van der Waals surface area contributed by atoms with Crippen LogP contribution in [0.25, 0.3) is 17.0 Å². The second-order valence-electron chi connectivity index (χ2n) is 3.48. The van der Waals surface area contributed by atoms with Crippen molar-refractivity contribution in [2.24, 2.45) is 0 Å². The van der Waals surface area contributed by atoms with E-state index in [0.29, 0.717) is 11.6 Å². The lowest BCUT2D eigenvalue weighted by molar-refractivity contribution is 1.05.